The average Bonchev–Trinajstić information content (AvgIpc) is 3.42. The fourth-order valence-electron chi connectivity index (χ4n) is 4.01. The number of nitrogens with zero attached hydrogens (tertiary/aromatic N) is 3. The monoisotopic (exact) mass is 547 g/mol. The molecule has 0 N–H and O–H groups in total. The van der Waals surface area contributed by atoms with E-state index in [4.69, 9.17) is 13.9 Å². The standard InChI is InChI=1S/C31H21N3O5S/c1-37-24-15-16-26-28(17-24)40-31(33-26)34(32-18-21-19-38-27-10-6-5-9-25(27)29(21)35)30(36)20-11-13-23(14-12-20)39-22-7-3-2-4-8-22/h2-19H,1H3/b32-18+. The molecule has 0 aliphatic carbocycles. The molecule has 40 heavy (non-hydrogen) atoms. The lowest BCUT2D eigenvalue weighted by molar-refractivity contribution is 0.0988. The van der Waals surface area contributed by atoms with Crippen molar-refractivity contribution in [1.82, 2.24) is 4.98 Å². The highest BCUT2D eigenvalue weighted by molar-refractivity contribution is 7.22. The van der Waals surface area contributed by atoms with Gasteiger partial charge in [-0.3, -0.25) is 9.59 Å². The summed E-state index contributed by atoms with van der Waals surface area (Å²) in [4.78, 5) is 31.4. The summed E-state index contributed by atoms with van der Waals surface area (Å²) in [7, 11) is 1.59. The predicted molar refractivity (Wildman–Crippen MR) is 156 cm³/mol. The molecule has 9 heteroatoms. The molecule has 0 bridgehead atoms. The van der Waals surface area contributed by atoms with Gasteiger partial charge >= 0.3 is 0 Å². The minimum atomic E-state index is -0.432. The van der Waals surface area contributed by atoms with Gasteiger partial charge in [0.05, 0.1) is 34.5 Å². The Kier molecular flexibility index (Phi) is 6.78. The summed E-state index contributed by atoms with van der Waals surface area (Å²) in [5.74, 6) is 1.51. The van der Waals surface area contributed by atoms with E-state index in [2.05, 4.69) is 10.1 Å². The molecule has 0 aliphatic rings. The number of hydrogen-bond donors (Lipinski definition) is 0. The highest BCUT2D eigenvalue weighted by atomic mass is 32.1. The van der Waals surface area contributed by atoms with Crippen LogP contribution >= 0.6 is 11.3 Å². The molecule has 0 atom stereocenters. The zero-order valence-corrected chi connectivity index (χ0v) is 22.0. The van der Waals surface area contributed by atoms with E-state index >= 15 is 0 Å². The van der Waals surface area contributed by atoms with E-state index in [1.807, 2.05) is 42.5 Å². The fraction of sp³-hybridized carbons (Fsp3) is 0.0323. The summed E-state index contributed by atoms with van der Waals surface area (Å²) in [5, 5.41) is 6.35. The number of para-hydroxylation sites is 2. The number of aromatic nitrogens is 1. The minimum Gasteiger partial charge on any atom is -0.497 e. The smallest absolute Gasteiger partial charge is 0.280 e. The van der Waals surface area contributed by atoms with Gasteiger partial charge < -0.3 is 13.9 Å². The van der Waals surface area contributed by atoms with Gasteiger partial charge in [-0.2, -0.15) is 10.1 Å². The molecule has 8 nitrogen and oxygen atoms in total. The van der Waals surface area contributed by atoms with Crippen LogP contribution in [0.5, 0.6) is 17.2 Å². The minimum absolute atomic E-state index is 0.200. The van der Waals surface area contributed by atoms with E-state index in [0.717, 1.165) is 4.70 Å². The van der Waals surface area contributed by atoms with Crippen LogP contribution in [0.2, 0.25) is 0 Å². The van der Waals surface area contributed by atoms with Crippen LogP contribution < -0.4 is 19.9 Å². The molecule has 0 unspecified atom stereocenters. The maximum Gasteiger partial charge on any atom is 0.280 e. The van der Waals surface area contributed by atoms with Gasteiger partial charge in [0, 0.05) is 5.56 Å². The van der Waals surface area contributed by atoms with Crippen LogP contribution in [0.4, 0.5) is 5.13 Å². The highest BCUT2D eigenvalue weighted by Gasteiger charge is 2.22. The van der Waals surface area contributed by atoms with Gasteiger partial charge in [-0.1, -0.05) is 41.7 Å². The number of amides is 1. The first-order valence-corrected chi connectivity index (χ1v) is 13.1. The van der Waals surface area contributed by atoms with E-state index in [-0.39, 0.29) is 11.0 Å². The molecule has 0 saturated heterocycles. The van der Waals surface area contributed by atoms with Crippen LogP contribution in [0, 0.1) is 0 Å². The Bertz CT molecular complexity index is 1910. The number of hydrogen-bond acceptors (Lipinski definition) is 8. The summed E-state index contributed by atoms with van der Waals surface area (Å²) in [6.45, 7) is 0. The number of benzene rings is 4. The summed E-state index contributed by atoms with van der Waals surface area (Å²) >= 11 is 1.28. The second-order valence-corrected chi connectivity index (χ2v) is 9.66. The molecule has 0 saturated carbocycles. The predicted octanol–water partition coefficient (Wildman–Crippen LogP) is 6.88. The number of ether oxygens (including phenoxy) is 2. The Balaban J connectivity index is 1.36. The molecule has 2 heterocycles. The van der Waals surface area contributed by atoms with Gasteiger partial charge in [-0.05, 0) is 66.7 Å². The first-order chi connectivity index (χ1) is 19.6. The first kappa shape index (κ1) is 25.0. The summed E-state index contributed by atoms with van der Waals surface area (Å²) in [6, 6.07) is 28.5. The van der Waals surface area contributed by atoms with Gasteiger partial charge in [-0.15, -0.1) is 0 Å². The lowest BCUT2D eigenvalue weighted by Crippen LogP contribution is -2.26. The van der Waals surface area contributed by atoms with Gasteiger partial charge in [0.2, 0.25) is 10.6 Å². The molecular weight excluding hydrogens is 526 g/mol. The number of methoxy groups -OCH3 is 1. The zero-order valence-electron chi connectivity index (χ0n) is 21.2. The lowest BCUT2D eigenvalue weighted by atomic mass is 10.2. The lowest BCUT2D eigenvalue weighted by Gasteiger charge is -2.14. The summed E-state index contributed by atoms with van der Waals surface area (Å²) in [6.07, 6.45) is 2.64. The normalized spacial score (nSPS) is 11.2. The summed E-state index contributed by atoms with van der Waals surface area (Å²) < 4.78 is 17.6. The van der Waals surface area contributed by atoms with Gasteiger partial charge in [0.1, 0.15) is 29.1 Å². The fourth-order valence-corrected chi connectivity index (χ4v) is 4.96. The first-order valence-electron chi connectivity index (χ1n) is 12.3. The summed E-state index contributed by atoms with van der Waals surface area (Å²) in [5.41, 5.74) is 1.46. The second kappa shape index (κ2) is 10.8. The van der Waals surface area contributed by atoms with Gasteiger partial charge in [0.25, 0.3) is 5.91 Å². The average molecular weight is 548 g/mol. The topological polar surface area (TPSA) is 94.2 Å². The van der Waals surface area contributed by atoms with Crippen molar-refractivity contribution in [3.8, 4) is 17.2 Å². The van der Waals surface area contributed by atoms with E-state index < -0.39 is 5.91 Å². The molecule has 6 rings (SSSR count). The third kappa shape index (κ3) is 5.05. The molecule has 4 aromatic carbocycles. The van der Waals surface area contributed by atoms with E-state index in [1.165, 1.54) is 28.8 Å². The largest absolute Gasteiger partial charge is 0.497 e. The number of rotatable bonds is 7. The number of carbonyl (C=O) groups is 1. The third-order valence-electron chi connectivity index (χ3n) is 6.06. The molecule has 1 amide bonds. The maximum absolute atomic E-state index is 13.7. The van der Waals surface area contributed by atoms with Crippen molar-refractivity contribution < 1.29 is 18.7 Å². The van der Waals surface area contributed by atoms with Crippen molar-refractivity contribution in [2.45, 2.75) is 0 Å². The Morgan fingerprint density at radius 3 is 2.45 bits per heavy atom. The number of thiazole rings is 1. The van der Waals surface area contributed by atoms with Crippen LogP contribution in [0.15, 0.2) is 118 Å². The molecule has 0 aliphatic heterocycles. The van der Waals surface area contributed by atoms with Crippen molar-refractivity contribution in [1.29, 1.82) is 0 Å². The van der Waals surface area contributed by atoms with Crippen LogP contribution in [-0.2, 0) is 0 Å². The Morgan fingerprint density at radius 1 is 0.925 bits per heavy atom. The van der Waals surface area contributed by atoms with Crippen LogP contribution in [0.3, 0.4) is 0 Å². The van der Waals surface area contributed by atoms with Crippen LogP contribution in [0.25, 0.3) is 21.2 Å². The quantitative estimate of drug-likeness (QED) is 0.160. The number of hydrazone groups is 1. The second-order valence-electron chi connectivity index (χ2n) is 8.65. The van der Waals surface area contributed by atoms with E-state index in [0.29, 0.717) is 44.4 Å². The number of anilines is 1. The number of carbonyl (C=O) groups excluding carboxylic acids is 1. The Hall–Kier alpha value is -5.28. The molecule has 0 radical (unpaired) electrons. The third-order valence-corrected chi connectivity index (χ3v) is 7.05. The molecule has 0 spiro atoms. The molecule has 196 valence electrons. The van der Waals surface area contributed by atoms with E-state index in [1.54, 1.807) is 61.7 Å². The van der Waals surface area contributed by atoms with Crippen LogP contribution in [-0.4, -0.2) is 24.2 Å². The Morgan fingerprint density at radius 2 is 1.65 bits per heavy atom. The van der Waals surface area contributed by atoms with Crippen molar-refractivity contribution >= 4 is 49.8 Å². The zero-order chi connectivity index (χ0) is 27.5. The molecule has 6 aromatic rings. The van der Waals surface area contributed by atoms with Crippen molar-refractivity contribution in [2.24, 2.45) is 5.10 Å². The van der Waals surface area contributed by atoms with Crippen molar-refractivity contribution in [3.05, 3.63) is 125 Å². The Labute approximate surface area is 232 Å². The van der Waals surface area contributed by atoms with Gasteiger partial charge in [-0.25, -0.2) is 4.98 Å². The SMILES string of the molecule is COc1ccc2nc(N(/N=C/c3coc4ccccc4c3=O)C(=O)c3ccc(Oc4ccccc4)cc3)sc2c1. The number of fused-ring (bicyclic) bond motifs is 2. The van der Waals surface area contributed by atoms with Gasteiger partial charge in [0.15, 0.2) is 0 Å². The molecule has 0 fully saturated rings. The van der Waals surface area contributed by atoms with E-state index in [9.17, 15) is 9.59 Å². The molecular formula is C31H21N3O5S. The van der Waals surface area contributed by atoms with Crippen molar-refractivity contribution in [3.63, 3.8) is 0 Å². The molecule has 2 aromatic heterocycles. The van der Waals surface area contributed by atoms with Crippen LogP contribution in [0.1, 0.15) is 15.9 Å². The van der Waals surface area contributed by atoms with Crippen molar-refractivity contribution in [2.75, 3.05) is 12.1 Å². The maximum atomic E-state index is 13.7. The highest BCUT2D eigenvalue weighted by Crippen LogP contribution is 2.33.